The van der Waals surface area contributed by atoms with E-state index in [4.69, 9.17) is 0 Å². The summed E-state index contributed by atoms with van der Waals surface area (Å²) in [6, 6.07) is 0. The number of rotatable bonds is 4. The van der Waals surface area contributed by atoms with Gasteiger partial charge < -0.3 is 5.32 Å². The molecule has 1 aromatic rings. The Morgan fingerprint density at radius 1 is 1.29 bits per heavy atom. The molecule has 2 aliphatic rings. The van der Waals surface area contributed by atoms with Crippen LogP contribution in [0.4, 0.5) is 5.13 Å². The van der Waals surface area contributed by atoms with Crippen LogP contribution in [0.1, 0.15) is 57.2 Å². The summed E-state index contributed by atoms with van der Waals surface area (Å²) in [4.78, 5) is 4.57. The highest BCUT2D eigenvalue weighted by molar-refractivity contribution is 7.09. The maximum atomic E-state index is 4.57. The summed E-state index contributed by atoms with van der Waals surface area (Å²) in [7, 11) is 0. The van der Waals surface area contributed by atoms with Crippen molar-refractivity contribution in [2.45, 2.75) is 51.4 Å². The molecular weight excluding hydrogens is 230 g/mol. The van der Waals surface area contributed by atoms with Crippen LogP contribution in [0.3, 0.4) is 0 Å². The fourth-order valence-corrected chi connectivity index (χ4v) is 3.44. The van der Waals surface area contributed by atoms with Gasteiger partial charge in [0.25, 0.3) is 0 Å². The third-order valence-electron chi connectivity index (χ3n) is 3.97. The molecule has 1 aromatic heterocycles. The lowest BCUT2D eigenvalue weighted by atomic mass is 9.82. The molecule has 2 atom stereocenters. The average Bonchev–Trinajstić information content (AvgIpc) is 3.07. The molecule has 2 aliphatic carbocycles. The van der Waals surface area contributed by atoms with Gasteiger partial charge in [0.2, 0.25) is 5.13 Å². The van der Waals surface area contributed by atoms with Crippen LogP contribution < -0.4 is 5.32 Å². The Labute approximate surface area is 107 Å². The molecule has 2 fully saturated rings. The van der Waals surface area contributed by atoms with E-state index < -0.39 is 0 Å². The van der Waals surface area contributed by atoms with Crippen molar-refractivity contribution in [3.05, 3.63) is 5.82 Å². The molecule has 3 nitrogen and oxygen atoms in total. The summed E-state index contributed by atoms with van der Waals surface area (Å²) >= 11 is 1.54. The standard InChI is InChI=1S/C13H21N3S/c1-9-3-2-4-10(7-9)8-14-13-15-12(16-17-13)11-5-6-11/h9-11H,2-8H2,1H3,(H,14,15,16). The summed E-state index contributed by atoms with van der Waals surface area (Å²) in [6.45, 7) is 3.46. The maximum absolute atomic E-state index is 4.57. The van der Waals surface area contributed by atoms with Gasteiger partial charge in [-0.05, 0) is 37.5 Å². The highest BCUT2D eigenvalue weighted by Gasteiger charge is 2.28. The van der Waals surface area contributed by atoms with Crippen molar-refractivity contribution in [1.82, 2.24) is 9.36 Å². The third-order valence-corrected chi connectivity index (χ3v) is 4.66. The Balaban J connectivity index is 1.49. The minimum atomic E-state index is 0.677. The highest BCUT2D eigenvalue weighted by Crippen LogP contribution is 2.39. The van der Waals surface area contributed by atoms with Crippen LogP contribution in [0.15, 0.2) is 0 Å². The van der Waals surface area contributed by atoms with Gasteiger partial charge in [-0.25, -0.2) is 4.98 Å². The van der Waals surface area contributed by atoms with E-state index in [2.05, 4.69) is 21.6 Å². The monoisotopic (exact) mass is 251 g/mol. The quantitative estimate of drug-likeness (QED) is 0.887. The van der Waals surface area contributed by atoms with Crippen LogP contribution in [0, 0.1) is 11.8 Å². The zero-order chi connectivity index (χ0) is 11.7. The first-order valence-electron chi connectivity index (χ1n) is 6.88. The van der Waals surface area contributed by atoms with E-state index in [1.807, 2.05) is 0 Å². The van der Waals surface area contributed by atoms with Gasteiger partial charge in [-0.1, -0.05) is 19.8 Å². The molecule has 17 heavy (non-hydrogen) atoms. The number of anilines is 1. The van der Waals surface area contributed by atoms with Crippen molar-refractivity contribution < 1.29 is 0 Å². The normalized spacial score (nSPS) is 29.2. The van der Waals surface area contributed by atoms with E-state index in [1.54, 1.807) is 0 Å². The van der Waals surface area contributed by atoms with E-state index in [9.17, 15) is 0 Å². The largest absolute Gasteiger partial charge is 0.360 e. The number of hydrogen-bond acceptors (Lipinski definition) is 4. The highest BCUT2D eigenvalue weighted by atomic mass is 32.1. The smallest absolute Gasteiger partial charge is 0.202 e. The molecule has 0 amide bonds. The molecule has 3 rings (SSSR count). The fourth-order valence-electron chi connectivity index (χ4n) is 2.79. The molecule has 0 aliphatic heterocycles. The van der Waals surface area contributed by atoms with Crippen LogP contribution in [-0.2, 0) is 0 Å². The molecule has 2 saturated carbocycles. The fraction of sp³-hybridized carbons (Fsp3) is 0.846. The van der Waals surface area contributed by atoms with Crippen molar-refractivity contribution >= 4 is 16.7 Å². The predicted octanol–water partition coefficient (Wildman–Crippen LogP) is 3.65. The molecule has 94 valence electrons. The minimum Gasteiger partial charge on any atom is -0.360 e. The minimum absolute atomic E-state index is 0.677. The first-order valence-corrected chi connectivity index (χ1v) is 7.66. The lowest BCUT2D eigenvalue weighted by Gasteiger charge is -2.26. The molecule has 4 heteroatoms. The van der Waals surface area contributed by atoms with Crippen LogP contribution in [0.25, 0.3) is 0 Å². The van der Waals surface area contributed by atoms with Gasteiger partial charge >= 0.3 is 0 Å². The van der Waals surface area contributed by atoms with Gasteiger partial charge in [-0.2, -0.15) is 4.37 Å². The molecule has 0 radical (unpaired) electrons. The van der Waals surface area contributed by atoms with Gasteiger partial charge in [-0.15, -0.1) is 0 Å². The van der Waals surface area contributed by atoms with Crippen LogP contribution >= 0.6 is 11.5 Å². The first-order chi connectivity index (χ1) is 8.31. The Morgan fingerprint density at radius 3 is 2.94 bits per heavy atom. The molecule has 0 saturated heterocycles. The molecule has 0 spiro atoms. The molecule has 1 N–H and O–H groups in total. The van der Waals surface area contributed by atoms with Crippen molar-refractivity contribution in [3.63, 3.8) is 0 Å². The number of hydrogen-bond donors (Lipinski definition) is 1. The average molecular weight is 251 g/mol. The van der Waals surface area contributed by atoms with Crippen LogP contribution in [-0.4, -0.2) is 15.9 Å². The van der Waals surface area contributed by atoms with Crippen LogP contribution in [0.5, 0.6) is 0 Å². The molecule has 0 bridgehead atoms. The van der Waals surface area contributed by atoms with Gasteiger partial charge in [0.15, 0.2) is 0 Å². The predicted molar refractivity (Wildman–Crippen MR) is 71.5 cm³/mol. The van der Waals surface area contributed by atoms with Gasteiger partial charge in [0.1, 0.15) is 5.82 Å². The lowest BCUT2D eigenvalue weighted by Crippen LogP contribution is -2.20. The first kappa shape index (κ1) is 11.5. The van der Waals surface area contributed by atoms with Crippen molar-refractivity contribution in [1.29, 1.82) is 0 Å². The Hall–Kier alpha value is -0.640. The van der Waals surface area contributed by atoms with Crippen molar-refractivity contribution in [3.8, 4) is 0 Å². The second-order valence-electron chi connectivity index (χ2n) is 5.75. The van der Waals surface area contributed by atoms with Gasteiger partial charge in [0, 0.05) is 24.0 Å². The van der Waals surface area contributed by atoms with Crippen LogP contribution in [0.2, 0.25) is 0 Å². The number of nitrogens with one attached hydrogen (secondary N) is 1. The van der Waals surface area contributed by atoms with Gasteiger partial charge in [0.05, 0.1) is 0 Å². The van der Waals surface area contributed by atoms with E-state index in [0.717, 1.165) is 29.3 Å². The van der Waals surface area contributed by atoms with E-state index >= 15 is 0 Å². The Bertz CT molecular complexity index is 372. The zero-order valence-electron chi connectivity index (χ0n) is 10.5. The summed E-state index contributed by atoms with van der Waals surface area (Å²) in [5, 5.41) is 4.52. The van der Waals surface area contributed by atoms with Crippen molar-refractivity contribution in [2.24, 2.45) is 11.8 Å². The van der Waals surface area contributed by atoms with Crippen molar-refractivity contribution in [2.75, 3.05) is 11.9 Å². The second-order valence-corrected chi connectivity index (χ2v) is 6.50. The third kappa shape index (κ3) is 2.97. The molecule has 2 unspecified atom stereocenters. The molecular formula is C13H21N3S. The molecule has 0 aromatic carbocycles. The topological polar surface area (TPSA) is 37.8 Å². The van der Waals surface area contributed by atoms with Gasteiger partial charge in [-0.3, -0.25) is 0 Å². The summed E-state index contributed by atoms with van der Waals surface area (Å²) in [5.41, 5.74) is 0. The number of nitrogens with zero attached hydrogens (tertiary/aromatic N) is 2. The number of aromatic nitrogens is 2. The van der Waals surface area contributed by atoms with E-state index in [1.165, 1.54) is 50.1 Å². The van der Waals surface area contributed by atoms with E-state index in [0.29, 0.717) is 5.92 Å². The second kappa shape index (κ2) is 4.92. The Kier molecular flexibility index (Phi) is 3.32. The zero-order valence-corrected chi connectivity index (χ0v) is 11.3. The summed E-state index contributed by atoms with van der Waals surface area (Å²) in [6.07, 6.45) is 8.15. The Morgan fingerprint density at radius 2 is 2.18 bits per heavy atom. The maximum Gasteiger partial charge on any atom is 0.202 e. The molecule has 1 heterocycles. The SMILES string of the molecule is CC1CCCC(CNc2nc(C3CC3)ns2)C1. The summed E-state index contributed by atoms with van der Waals surface area (Å²) < 4.78 is 4.42. The van der Waals surface area contributed by atoms with E-state index in [-0.39, 0.29) is 0 Å². The lowest BCUT2D eigenvalue weighted by molar-refractivity contribution is 0.293. The summed E-state index contributed by atoms with van der Waals surface area (Å²) in [5.74, 6) is 3.50.